The van der Waals surface area contributed by atoms with Crippen molar-refractivity contribution in [1.29, 1.82) is 5.26 Å². The summed E-state index contributed by atoms with van der Waals surface area (Å²) >= 11 is 0. The predicted molar refractivity (Wildman–Crippen MR) is 74.3 cm³/mol. The van der Waals surface area contributed by atoms with Crippen LogP contribution in [0.1, 0.15) is 24.5 Å². The molecule has 0 saturated carbocycles. The van der Waals surface area contributed by atoms with Crippen molar-refractivity contribution in [2.75, 3.05) is 11.9 Å². The first kappa shape index (κ1) is 15.5. The average Bonchev–Trinajstić information content (AvgIpc) is 2.41. The Hall–Kier alpha value is -2.55. The van der Waals surface area contributed by atoms with E-state index in [9.17, 15) is 9.59 Å². The zero-order chi connectivity index (χ0) is 15.1. The molecule has 6 heteroatoms. The van der Waals surface area contributed by atoms with Gasteiger partial charge in [-0.05, 0) is 31.0 Å². The number of benzene rings is 1. The van der Waals surface area contributed by atoms with E-state index in [0.29, 0.717) is 17.7 Å². The fraction of sp³-hybridized carbons (Fsp3) is 0.357. The Morgan fingerprint density at radius 3 is 2.75 bits per heavy atom. The van der Waals surface area contributed by atoms with E-state index in [1.165, 1.54) is 0 Å². The Balaban J connectivity index is 2.51. The molecule has 0 heterocycles. The molecule has 2 amide bonds. The van der Waals surface area contributed by atoms with Crippen LogP contribution in [-0.4, -0.2) is 23.7 Å². The minimum absolute atomic E-state index is 0.274. The number of carbonyl (C=O) groups excluding carboxylic acids is 1. The van der Waals surface area contributed by atoms with E-state index in [4.69, 9.17) is 10.4 Å². The molecule has 1 unspecified atom stereocenters. The van der Waals surface area contributed by atoms with Gasteiger partial charge in [-0.3, -0.25) is 4.79 Å². The van der Waals surface area contributed by atoms with Crippen LogP contribution in [-0.2, 0) is 4.79 Å². The zero-order valence-corrected chi connectivity index (χ0v) is 11.4. The molecule has 0 aliphatic heterocycles. The summed E-state index contributed by atoms with van der Waals surface area (Å²) in [6.07, 6.45) is 0.361. The van der Waals surface area contributed by atoms with Gasteiger partial charge in [-0.15, -0.1) is 0 Å². The molecule has 1 aromatic carbocycles. The maximum Gasteiger partial charge on any atom is 0.319 e. The van der Waals surface area contributed by atoms with Gasteiger partial charge in [0.1, 0.15) is 0 Å². The molecule has 1 aromatic rings. The van der Waals surface area contributed by atoms with E-state index in [-0.39, 0.29) is 6.54 Å². The topological polar surface area (TPSA) is 102 Å². The lowest BCUT2D eigenvalue weighted by molar-refractivity contribution is -0.141. The van der Waals surface area contributed by atoms with Crippen LogP contribution in [0.3, 0.4) is 0 Å². The van der Waals surface area contributed by atoms with Gasteiger partial charge in [-0.25, -0.2) is 4.79 Å². The minimum atomic E-state index is -0.884. The number of urea groups is 1. The standard InChI is InChI=1S/C14H17N3O3/c1-9-3-4-11(8-15)7-12(9)17-14(20)16-6-5-10(2)13(18)19/h3-4,7,10H,5-6H2,1-2H3,(H,18,19)(H2,16,17,20). The molecule has 1 atom stereocenters. The van der Waals surface area contributed by atoms with Crippen LogP contribution in [0.5, 0.6) is 0 Å². The van der Waals surface area contributed by atoms with Gasteiger partial charge < -0.3 is 15.7 Å². The highest BCUT2D eigenvalue weighted by atomic mass is 16.4. The molecule has 0 bridgehead atoms. The van der Waals surface area contributed by atoms with E-state index in [0.717, 1.165) is 5.56 Å². The van der Waals surface area contributed by atoms with Crippen molar-refractivity contribution in [2.24, 2.45) is 5.92 Å². The summed E-state index contributed by atoms with van der Waals surface area (Å²) < 4.78 is 0. The van der Waals surface area contributed by atoms with Crippen LogP contribution in [0.15, 0.2) is 18.2 Å². The highest BCUT2D eigenvalue weighted by Gasteiger charge is 2.11. The van der Waals surface area contributed by atoms with Crippen molar-refractivity contribution in [1.82, 2.24) is 5.32 Å². The summed E-state index contributed by atoms with van der Waals surface area (Å²) in [4.78, 5) is 22.3. The number of amides is 2. The summed E-state index contributed by atoms with van der Waals surface area (Å²) in [5.41, 5.74) is 1.87. The monoisotopic (exact) mass is 275 g/mol. The second-order valence-electron chi connectivity index (χ2n) is 4.55. The molecule has 106 valence electrons. The van der Waals surface area contributed by atoms with Crippen LogP contribution in [0.2, 0.25) is 0 Å². The van der Waals surface area contributed by atoms with Gasteiger partial charge in [0.05, 0.1) is 17.6 Å². The summed E-state index contributed by atoms with van der Waals surface area (Å²) in [5.74, 6) is -1.39. The van der Waals surface area contributed by atoms with Gasteiger partial charge in [-0.2, -0.15) is 5.26 Å². The number of nitrogens with one attached hydrogen (secondary N) is 2. The largest absolute Gasteiger partial charge is 0.481 e. The summed E-state index contributed by atoms with van der Waals surface area (Å²) in [6.45, 7) is 3.68. The molecule has 20 heavy (non-hydrogen) atoms. The van der Waals surface area contributed by atoms with Crippen molar-refractivity contribution >= 4 is 17.7 Å². The number of carboxylic acids is 1. The van der Waals surface area contributed by atoms with E-state index in [2.05, 4.69) is 10.6 Å². The Bertz CT molecular complexity index is 549. The van der Waals surface area contributed by atoms with Crippen LogP contribution < -0.4 is 10.6 Å². The van der Waals surface area contributed by atoms with Gasteiger partial charge in [-0.1, -0.05) is 13.0 Å². The number of carbonyl (C=O) groups is 2. The Morgan fingerprint density at radius 2 is 2.15 bits per heavy atom. The van der Waals surface area contributed by atoms with Crippen LogP contribution in [0, 0.1) is 24.2 Å². The quantitative estimate of drug-likeness (QED) is 0.765. The number of aliphatic carboxylic acids is 1. The minimum Gasteiger partial charge on any atom is -0.481 e. The number of aryl methyl sites for hydroxylation is 1. The fourth-order valence-electron chi connectivity index (χ4n) is 1.52. The molecule has 0 spiro atoms. The van der Waals surface area contributed by atoms with Gasteiger partial charge in [0.25, 0.3) is 0 Å². The number of nitriles is 1. The Morgan fingerprint density at radius 1 is 1.45 bits per heavy atom. The van der Waals surface area contributed by atoms with Crippen molar-refractivity contribution in [3.05, 3.63) is 29.3 Å². The fourth-order valence-corrected chi connectivity index (χ4v) is 1.52. The van der Waals surface area contributed by atoms with Crippen molar-refractivity contribution in [3.63, 3.8) is 0 Å². The Kier molecular flexibility index (Phi) is 5.54. The lowest BCUT2D eigenvalue weighted by Crippen LogP contribution is -2.31. The maximum atomic E-state index is 11.7. The van der Waals surface area contributed by atoms with Crippen LogP contribution >= 0.6 is 0 Å². The summed E-state index contributed by atoms with van der Waals surface area (Å²) in [5, 5.41) is 22.7. The van der Waals surface area contributed by atoms with Crippen LogP contribution in [0.4, 0.5) is 10.5 Å². The SMILES string of the molecule is Cc1ccc(C#N)cc1NC(=O)NCCC(C)C(=O)O. The molecule has 0 aliphatic carbocycles. The summed E-state index contributed by atoms with van der Waals surface area (Å²) in [7, 11) is 0. The number of hydrogen-bond acceptors (Lipinski definition) is 3. The molecule has 0 aromatic heterocycles. The first-order chi connectivity index (χ1) is 9.43. The zero-order valence-electron chi connectivity index (χ0n) is 11.4. The molecule has 3 N–H and O–H groups in total. The van der Waals surface area contributed by atoms with E-state index in [1.54, 1.807) is 25.1 Å². The maximum absolute atomic E-state index is 11.7. The molecule has 6 nitrogen and oxygen atoms in total. The van der Waals surface area contributed by atoms with Crippen LogP contribution in [0.25, 0.3) is 0 Å². The average molecular weight is 275 g/mol. The highest BCUT2D eigenvalue weighted by molar-refractivity contribution is 5.90. The van der Waals surface area contributed by atoms with Gasteiger partial charge >= 0.3 is 12.0 Å². The molecule has 0 aliphatic rings. The van der Waals surface area contributed by atoms with E-state index >= 15 is 0 Å². The van der Waals surface area contributed by atoms with Crippen molar-refractivity contribution in [2.45, 2.75) is 20.3 Å². The lowest BCUT2D eigenvalue weighted by Gasteiger charge is -2.11. The smallest absolute Gasteiger partial charge is 0.319 e. The molecule has 0 fully saturated rings. The van der Waals surface area contributed by atoms with Crippen molar-refractivity contribution in [3.8, 4) is 6.07 Å². The number of nitrogens with zero attached hydrogens (tertiary/aromatic N) is 1. The number of rotatable bonds is 5. The first-order valence-electron chi connectivity index (χ1n) is 6.22. The lowest BCUT2D eigenvalue weighted by atomic mass is 10.1. The normalized spacial score (nSPS) is 11.2. The number of hydrogen-bond donors (Lipinski definition) is 3. The van der Waals surface area contributed by atoms with E-state index < -0.39 is 17.9 Å². The highest BCUT2D eigenvalue weighted by Crippen LogP contribution is 2.16. The third-order valence-electron chi connectivity index (χ3n) is 2.90. The molecule has 0 saturated heterocycles. The molecular weight excluding hydrogens is 258 g/mol. The predicted octanol–water partition coefficient (Wildman–Crippen LogP) is 2.10. The first-order valence-corrected chi connectivity index (χ1v) is 6.22. The molecule has 1 rings (SSSR count). The molecular formula is C14H17N3O3. The van der Waals surface area contributed by atoms with Gasteiger partial charge in [0, 0.05) is 12.2 Å². The van der Waals surface area contributed by atoms with Gasteiger partial charge in [0.2, 0.25) is 0 Å². The number of carboxylic acid groups (broad SMARTS) is 1. The second kappa shape index (κ2) is 7.14. The Labute approximate surface area is 117 Å². The summed E-state index contributed by atoms with van der Waals surface area (Å²) in [6, 6.07) is 6.60. The van der Waals surface area contributed by atoms with E-state index in [1.807, 2.05) is 13.0 Å². The number of anilines is 1. The second-order valence-corrected chi connectivity index (χ2v) is 4.55. The third kappa shape index (κ3) is 4.61. The third-order valence-corrected chi connectivity index (χ3v) is 2.90. The van der Waals surface area contributed by atoms with Gasteiger partial charge in [0.15, 0.2) is 0 Å². The van der Waals surface area contributed by atoms with Crippen molar-refractivity contribution < 1.29 is 14.7 Å². The molecule has 0 radical (unpaired) electrons.